The van der Waals surface area contributed by atoms with Crippen LogP contribution in [-0.2, 0) is 0 Å². The number of rotatable bonds is 3. The molecule has 1 atom stereocenters. The van der Waals surface area contributed by atoms with E-state index in [1.807, 2.05) is 37.3 Å². The maximum atomic E-state index is 6.18. The van der Waals surface area contributed by atoms with E-state index in [9.17, 15) is 0 Å². The molecule has 3 aromatic rings. The van der Waals surface area contributed by atoms with Crippen molar-refractivity contribution in [2.75, 3.05) is 0 Å². The zero-order chi connectivity index (χ0) is 14.1. The minimum atomic E-state index is -0.308. The van der Waals surface area contributed by atoms with Crippen LogP contribution in [0.15, 0.2) is 47.1 Å². The molecule has 1 aromatic carbocycles. The second kappa shape index (κ2) is 5.25. The largest absolute Gasteiger partial charge is 0.459 e. The zero-order valence-electron chi connectivity index (χ0n) is 10.9. The highest BCUT2D eigenvalue weighted by Gasteiger charge is 2.20. The highest BCUT2D eigenvalue weighted by Crippen LogP contribution is 2.31. The van der Waals surface area contributed by atoms with Gasteiger partial charge >= 0.3 is 0 Å². The van der Waals surface area contributed by atoms with Crippen molar-refractivity contribution < 1.29 is 4.42 Å². The number of halogens is 1. The first kappa shape index (κ1) is 13.1. The molecule has 1 unspecified atom stereocenters. The minimum absolute atomic E-state index is 0.308. The number of furan rings is 1. The van der Waals surface area contributed by atoms with Crippen molar-refractivity contribution in [1.82, 2.24) is 10.4 Å². The van der Waals surface area contributed by atoms with Gasteiger partial charge in [-0.25, -0.2) is 5.43 Å². The van der Waals surface area contributed by atoms with Gasteiger partial charge in [-0.3, -0.25) is 10.8 Å². The molecule has 0 spiro atoms. The number of nitrogens with one attached hydrogen (secondary N) is 1. The Morgan fingerprint density at radius 3 is 2.90 bits per heavy atom. The van der Waals surface area contributed by atoms with E-state index in [2.05, 4.69) is 10.4 Å². The number of aromatic nitrogens is 1. The summed E-state index contributed by atoms with van der Waals surface area (Å²) in [6.45, 7) is 2.01. The summed E-state index contributed by atoms with van der Waals surface area (Å²) < 4.78 is 5.94. The summed E-state index contributed by atoms with van der Waals surface area (Å²) in [5, 5.41) is 1.60. The van der Waals surface area contributed by atoms with Gasteiger partial charge in [-0.05, 0) is 30.2 Å². The monoisotopic (exact) mass is 287 g/mol. The van der Waals surface area contributed by atoms with E-state index in [0.29, 0.717) is 5.02 Å². The highest BCUT2D eigenvalue weighted by atomic mass is 35.5. The molecule has 3 rings (SSSR count). The van der Waals surface area contributed by atoms with Gasteiger partial charge in [0.15, 0.2) is 0 Å². The fraction of sp³-hybridized carbons (Fsp3) is 0.133. The molecule has 0 fully saturated rings. The van der Waals surface area contributed by atoms with Crippen LogP contribution in [0.25, 0.3) is 11.0 Å². The van der Waals surface area contributed by atoms with Gasteiger partial charge in [-0.15, -0.1) is 0 Å². The third kappa shape index (κ3) is 2.18. The first-order chi connectivity index (χ1) is 9.70. The number of aryl methyl sites for hydroxylation is 1. The van der Waals surface area contributed by atoms with Gasteiger partial charge in [-0.1, -0.05) is 29.8 Å². The zero-order valence-corrected chi connectivity index (χ0v) is 11.7. The summed E-state index contributed by atoms with van der Waals surface area (Å²) in [4.78, 5) is 3.98. The highest BCUT2D eigenvalue weighted by molar-refractivity contribution is 6.31. The Hall–Kier alpha value is -1.88. The third-order valence-electron chi connectivity index (χ3n) is 3.33. The van der Waals surface area contributed by atoms with Gasteiger partial charge in [0.2, 0.25) is 0 Å². The van der Waals surface area contributed by atoms with Crippen molar-refractivity contribution >= 4 is 22.6 Å². The van der Waals surface area contributed by atoms with Crippen LogP contribution >= 0.6 is 11.6 Å². The SMILES string of the molecule is Cc1cccc2cc(C(NN)c3ccncc3Cl)oc12. The van der Waals surface area contributed by atoms with Crippen molar-refractivity contribution in [1.29, 1.82) is 0 Å². The molecule has 0 aliphatic rings. The number of pyridine rings is 1. The summed E-state index contributed by atoms with van der Waals surface area (Å²) >= 11 is 6.18. The van der Waals surface area contributed by atoms with Crippen molar-refractivity contribution in [3.8, 4) is 0 Å². The number of para-hydroxylation sites is 1. The molecule has 4 nitrogen and oxygen atoms in total. The molecule has 5 heteroatoms. The fourth-order valence-electron chi connectivity index (χ4n) is 2.32. The summed E-state index contributed by atoms with van der Waals surface area (Å²) in [5.41, 5.74) is 5.54. The van der Waals surface area contributed by atoms with E-state index in [0.717, 1.165) is 27.9 Å². The average molecular weight is 288 g/mol. The van der Waals surface area contributed by atoms with E-state index in [1.54, 1.807) is 12.4 Å². The second-order valence-corrected chi connectivity index (χ2v) is 5.05. The Labute approximate surface area is 121 Å². The van der Waals surface area contributed by atoms with Gasteiger partial charge in [0.1, 0.15) is 17.4 Å². The topological polar surface area (TPSA) is 64.1 Å². The van der Waals surface area contributed by atoms with Gasteiger partial charge in [-0.2, -0.15) is 0 Å². The van der Waals surface area contributed by atoms with Crippen molar-refractivity contribution in [2.45, 2.75) is 13.0 Å². The van der Waals surface area contributed by atoms with E-state index in [-0.39, 0.29) is 6.04 Å². The van der Waals surface area contributed by atoms with Crippen LogP contribution in [0.1, 0.15) is 22.9 Å². The molecular formula is C15H14ClN3O. The van der Waals surface area contributed by atoms with Crippen LogP contribution < -0.4 is 11.3 Å². The summed E-state index contributed by atoms with van der Waals surface area (Å²) in [7, 11) is 0. The van der Waals surface area contributed by atoms with Crippen LogP contribution in [-0.4, -0.2) is 4.98 Å². The van der Waals surface area contributed by atoms with Gasteiger partial charge in [0.05, 0.1) is 5.02 Å². The van der Waals surface area contributed by atoms with E-state index >= 15 is 0 Å². The molecule has 0 aliphatic heterocycles. The summed E-state index contributed by atoms with van der Waals surface area (Å²) in [6, 6.07) is 9.52. The minimum Gasteiger partial charge on any atom is -0.459 e. The van der Waals surface area contributed by atoms with Gasteiger partial charge < -0.3 is 4.42 Å². The maximum absolute atomic E-state index is 6.18. The van der Waals surface area contributed by atoms with Gasteiger partial charge in [0, 0.05) is 17.8 Å². The number of hydrogen-bond acceptors (Lipinski definition) is 4. The number of fused-ring (bicyclic) bond motifs is 1. The van der Waals surface area contributed by atoms with Crippen molar-refractivity contribution in [2.24, 2.45) is 5.84 Å². The van der Waals surface area contributed by atoms with E-state index in [4.69, 9.17) is 21.9 Å². The maximum Gasteiger partial charge on any atom is 0.137 e. The third-order valence-corrected chi connectivity index (χ3v) is 3.64. The molecular weight excluding hydrogens is 274 g/mol. The molecule has 20 heavy (non-hydrogen) atoms. The van der Waals surface area contributed by atoms with Crippen LogP contribution in [0, 0.1) is 6.92 Å². The smallest absolute Gasteiger partial charge is 0.137 e. The average Bonchev–Trinajstić information content (AvgIpc) is 2.87. The van der Waals surface area contributed by atoms with Crippen molar-refractivity contribution in [3.63, 3.8) is 0 Å². The lowest BCUT2D eigenvalue weighted by atomic mass is 10.1. The molecule has 0 saturated heterocycles. The van der Waals surface area contributed by atoms with Crippen LogP contribution in [0.5, 0.6) is 0 Å². The molecule has 2 aromatic heterocycles. The van der Waals surface area contributed by atoms with E-state index in [1.165, 1.54) is 0 Å². The predicted molar refractivity (Wildman–Crippen MR) is 79.4 cm³/mol. The lowest BCUT2D eigenvalue weighted by Gasteiger charge is -2.14. The lowest BCUT2D eigenvalue weighted by molar-refractivity contribution is 0.476. The Morgan fingerprint density at radius 2 is 2.20 bits per heavy atom. The first-order valence-electron chi connectivity index (χ1n) is 6.25. The molecule has 3 N–H and O–H groups in total. The predicted octanol–water partition coefficient (Wildman–Crippen LogP) is 3.34. The molecule has 0 bridgehead atoms. The Balaban J connectivity index is 2.12. The van der Waals surface area contributed by atoms with Crippen molar-refractivity contribution in [3.05, 3.63) is 64.6 Å². The van der Waals surface area contributed by atoms with E-state index < -0.39 is 0 Å². The Kier molecular flexibility index (Phi) is 3.44. The Bertz CT molecular complexity index is 754. The summed E-state index contributed by atoms with van der Waals surface area (Å²) in [5.74, 6) is 6.40. The van der Waals surface area contributed by atoms with Crippen LogP contribution in [0.2, 0.25) is 5.02 Å². The number of nitrogens with two attached hydrogens (primary N) is 1. The summed E-state index contributed by atoms with van der Waals surface area (Å²) in [6.07, 6.45) is 3.27. The first-order valence-corrected chi connectivity index (χ1v) is 6.63. The number of hydrazine groups is 1. The molecule has 2 heterocycles. The number of benzene rings is 1. The lowest BCUT2D eigenvalue weighted by Crippen LogP contribution is -2.28. The quantitative estimate of drug-likeness (QED) is 0.573. The number of nitrogens with zero attached hydrogens (tertiary/aromatic N) is 1. The van der Waals surface area contributed by atoms with Crippen LogP contribution in [0.3, 0.4) is 0 Å². The molecule has 0 radical (unpaired) electrons. The molecule has 0 amide bonds. The normalized spacial score (nSPS) is 12.8. The Morgan fingerprint density at radius 1 is 1.35 bits per heavy atom. The molecule has 102 valence electrons. The van der Waals surface area contributed by atoms with Crippen LogP contribution in [0.4, 0.5) is 0 Å². The fourth-order valence-corrected chi connectivity index (χ4v) is 2.54. The second-order valence-electron chi connectivity index (χ2n) is 4.64. The standard InChI is InChI=1S/C15H14ClN3O/c1-9-3-2-4-10-7-13(20-15(9)10)14(19-17)11-5-6-18-8-12(11)16/h2-8,14,19H,17H2,1H3. The molecule has 0 aliphatic carbocycles. The number of hydrogen-bond donors (Lipinski definition) is 2. The molecule has 0 saturated carbocycles. The van der Waals surface area contributed by atoms with Gasteiger partial charge in [0.25, 0.3) is 0 Å².